The summed E-state index contributed by atoms with van der Waals surface area (Å²) in [5, 5.41) is 18.5. The largest absolute Gasteiger partial charge is 0.479 e. The molecule has 1 saturated heterocycles. The summed E-state index contributed by atoms with van der Waals surface area (Å²) < 4.78 is 13.4. The first kappa shape index (κ1) is 15.1. The molecule has 1 fully saturated rings. The van der Waals surface area contributed by atoms with Gasteiger partial charge < -0.3 is 24.4 Å². The lowest BCUT2D eigenvalue weighted by molar-refractivity contribution is -0.184. The number of esters is 2. The molecule has 0 aromatic heterocycles. The molecule has 0 aromatic rings. The molecule has 0 bridgehead atoms. The highest BCUT2D eigenvalue weighted by Gasteiger charge is 2.42. The molecule has 9 heteroatoms. The molecule has 2 N–H and O–H groups in total. The Morgan fingerprint density at radius 1 is 1.26 bits per heavy atom. The van der Waals surface area contributed by atoms with Gasteiger partial charge in [0.1, 0.15) is 6.10 Å². The van der Waals surface area contributed by atoms with E-state index in [1.165, 1.54) is 0 Å². The average Bonchev–Trinajstić information content (AvgIpc) is 2.23. The second-order valence-electron chi connectivity index (χ2n) is 3.93. The van der Waals surface area contributed by atoms with E-state index in [9.17, 15) is 24.3 Å². The second-order valence-corrected chi connectivity index (χ2v) is 3.93. The number of aliphatic hydroxyl groups is 1. The first-order valence-electron chi connectivity index (χ1n) is 5.23. The number of ether oxygens (including phenoxy) is 3. The van der Waals surface area contributed by atoms with Crippen LogP contribution in [-0.2, 0) is 33.4 Å². The van der Waals surface area contributed by atoms with Gasteiger partial charge in [-0.15, -0.1) is 0 Å². The van der Waals surface area contributed by atoms with Gasteiger partial charge in [-0.05, 0) is 0 Å². The normalized spacial score (nSPS) is 17.7. The summed E-state index contributed by atoms with van der Waals surface area (Å²) in [7, 11) is 0. The van der Waals surface area contributed by atoms with E-state index in [2.05, 4.69) is 4.74 Å². The molecule has 0 aliphatic carbocycles. The van der Waals surface area contributed by atoms with Gasteiger partial charge in [-0.25, -0.2) is 4.79 Å². The number of carbonyl (C=O) groups excluding carboxylic acids is 3. The van der Waals surface area contributed by atoms with Crippen molar-refractivity contribution in [1.82, 2.24) is 0 Å². The Bertz CT molecular complexity index is 386. The maximum absolute atomic E-state index is 11.4. The average molecular weight is 276 g/mol. The third kappa shape index (κ3) is 4.30. The molecule has 1 atom stereocenters. The van der Waals surface area contributed by atoms with Crippen LogP contribution in [0.25, 0.3) is 0 Å². The van der Waals surface area contributed by atoms with Crippen molar-refractivity contribution in [2.75, 3.05) is 13.2 Å². The molecule has 1 heterocycles. The van der Waals surface area contributed by atoms with Gasteiger partial charge in [0.15, 0.2) is 5.60 Å². The lowest BCUT2D eigenvalue weighted by Gasteiger charge is -2.27. The van der Waals surface area contributed by atoms with Gasteiger partial charge in [-0.1, -0.05) is 0 Å². The fraction of sp³-hybridized carbons (Fsp3) is 0.600. The Labute approximate surface area is 107 Å². The van der Waals surface area contributed by atoms with E-state index in [-0.39, 0.29) is 19.7 Å². The van der Waals surface area contributed by atoms with E-state index in [1.54, 1.807) is 0 Å². The maximum atomic E-state index is 11.4. The molecule has 0 saturated carbocycles. The second kappa shape index (κ2) is 6.25. The zero-order chi connectivity index (χ0) is 14.5. The molecule has 9 nitrogen and oxygen atoms in total. The van der Waals surface area contributed by atoms with E-state index in [0.29, 0.717) is 0 Å². The molecule has 1 aliphatic rings. The first-order valence-corrected chi connectivity index (χ1v) is 5.23. The quantitative estimate of drug-likeness (QED) is 0.314. The number of hydrogen-bond acceptors (Lipinski definition) is 8. The molecule has 19 heavy (non-hydrogen) atoms. The summed E-state index contributed by atoms with van der Waals surface area (Å²) in [5.74, 6) is -4.05. The fourth-order valence-corrected chi connectivity index (χ4v) is 1.30. The third-order valence-electron chi connectivity index (χ3n) is 2.36. The van der Waals surface area contributed by atoms with Gasteiger partial charge in [-0.2, -0.15) is 0 Å². The van der Waals surface area contributed by atoms with Gasteiger partial charge in [0, 0.05) is 0 Å². The zero-order valence-corrected chi connectivity index (χ0v) is 9.74. The van der Waals surface area contributed by atoms with Gasteiger partial charge in [0.25, 0.3) is 0 Å². The van der Waals surface area contributed by atoms with Gasteiger partial charge in [0.2, 0.25) is 0 Å². The molecule has 0 aromatic carbocycles. The van der Waals surface area contributed by atoms with Gasteiger partial charge in [-0.3, -0.25) is 14.4 Å². The van der Waals surface area contributed by atoms with Crippen molar-refractivity contribution >= 4 is 24.4 Å². The molecule has 106 valence electrons. The molecule has 1 unspecified atom stereocenters. The van der Waals surface area contributed by atoms with Crippen LogP contribution in [0.2, 0.25) is 0 Å². The number of rotatable bonds is 7. The van der Waals surface area contributed by atoms with E-state index < -0.39 is 42.5 Å². The number of carboxylic acid groups (broad SMARTS) is 1. The highest BCUT2D eigenvalue weighted by atomic mass is 16.6. The SMILES string of the molecule is O=COC(=O)CC(O)(CC(=O)OC1COC1)C(=O)O. The van der Waals surface area contributed by atoms with Crippen molar-refractivity contribution < 1.29 is 43.6 Å². The number of aliphatic carboxylic acids is 1. The Morgan fingerprint density at radius 2 is 1.84 bits per heavy atom. The Kier molecular flexibility index (Phi) is 4.95. The fourth-order valence-electron chi connectivity index (χ4n) is 1.30. The van der Waals surface area contributed by atoms with Crippen LogP contribution < -0.4 is 0 Å². The summed E-state index contributed by atoms with van der Waals surface area (Å²) in [4.78, 5) is 43.2. The minimum atomic E-state index is -2.68. The van der Waals surface area contributed by atoms with Crippen molar-refractivity contribution in [3.8, 4) is 0 Å². The molecule has 0 amide bonds. The minimum absolute atomic E-state index is 0.199. The van der Waals surface area contributed by atoms with Crippen LogP contribution in [0.5, 0.6) is 0 Å². The number of carboxylic acids is 1. The van der Waals surface area contributed by atoms with Crippen molar-refractivity contribution in [3.63, 3.8) is 0 Å². The Morgan fingerprint density at radius 3 is 2.26 bits per heavy atom. The van der Waals surface area contributed by atoms with Crippen LogP contribution in [-0.4, -0.2) is 59.5 Å². The highest BCUT2D eigenvalue weighted by Crippen LogP contribution is 2.19. The molecule has 1 aliphatic heterocycles. The van der Waals surface area contributed by atoms with Crippen LogP contribution in [0.4, 0.5) is 0 Å². The van der Waals surface area contributed by atoms with Crippen molar-refractivity contribution in [1.29, 1.82) is 0 Å². The van der Waals surface area contributed by atoms with Crippen molar-refractivity contribution in [2.45, 2.75) is 24.5 Å². The third-order valence-corrected chi connectivity index (χ3v) is 2.36. The van der Waals surface area contributed by atoms with E-state index in [0.717, 1.165) is 0 Å². The Hall–Kier alpha value is -2.00. The van der Waals surface area contributed by atoms with Crippen LogP contribution in [0.3, 0.4) is 0 Å². The summed E-state index contributed by atoms with van der Waals surface area (Å²) >= 11 is 0. The smallest absolute Gasteiger partial charge is 0.336 e. The van der Waals surface area contributed by atoms with Gasteiger partial charge >= 0.3 is 24.4 Å². The maximum Gasteiger partial charge on any atom is 0.336 e. The topological polar surface area (TPSA) is 136 Å². The van der Waals surface area contributed by atoms with E-state index in [4.69, 9.17) is 14.6 Å². The predicted octanol–water partition coefficient (Wildman–Crippen LogP) is -1.78. The predicted molar refractivity (Wildman–Crippen MR) is 54.7 cm³/mol. The molecular weight excluding hydrogens is 264 g/mol. The lowest BCUT2D eigenvalue weighted by atomic mass is 9.96. The monoisotopic (exact) mass is 276 g/mol. The lowest BCUT2D eigenvalue weighted by Crippen LogP contribution is -2.45. The molecule has 1 rings (SSSR count). The zero-order valence-electron chi connectivity index (χ0n) is 9.74. The summed E-state index contributed by atoms with van der Waals surface area (Å²) in [6, 6.07) is 0. The summed E-state index contributed by atoms with van der Waals surface area (Å²) in [5.41, 5.74) is -2.68. The van der Waals surface area contributed by atoms with Crippen LogP contribution in [0.15, 0.2) is 0 Å². The molecule has 0 spiro atoms. The minimum Gasteiger partial charge on any atom is -0.479 e. The number of carbonyl (C=O) groups is 4. The molecule has 0 radical (unpaired) electrons. The van der Waals surface area contributed by atoms with E-state index in [1.807, 2.05) is 0 Å². The number of hydrogen-bond donors (Lipinski definition) is 2. The van der Waals surface area contributed by atoms with Gasteiger partial charge in [0.05, 0.1) is 26.1 Å². The summed E-state index contributed by atoms with van der Waals surface area (Å²) in [6.45, 7) is 0.198. The van der Waals surface area contributed by atoms with Crippen molar-refractivity contribution in [3.05, 3.63) is 0 Å². The van der Waals surface area contributed by atoms with Crippen LogP contribution in [0, 0.1) is 0 Å². The van der Waals surface area contributed by atoms with Crippen molar-refractivity contribution in [2.24, 2.45) is 0 Å². The van der Waals surface area contributed by atoms with Crippen LogP contribution in [0.1, 0.15) is 12.8 Å². The van der Waals surface area contributed by atoms with E-state index >= 15 is 0 Å². The summed E-state index contributed by atoms with van der Waals surface area (Å²) in [6.07, 6.45) is -2.46. The standard InChI is InChI=1S/C10H12O9/c11-5-18-7(12)1-10(16,9(14)15)2-8(13)19-6-3-17-4-6/h5-6,16H,1-4H2,(H,14,15). The Balaban J connectivity index is 2.58. The molecular formula is C10H12O9. The highest BCUT2D eigenvalue weighted by molar-refractivity contribution is 5.90. The first-order chi connectivity index (χ1) is 8.87. The van der Waals surface area contributed by atoms with Crippen LogP contribution >= 0.6 is 0 Å².